The summed E-state index contributed by atoms with van der Waals surface area (Å²) >= 11 is 0. The standard InChI is InChI=1S/C28H50N4O9/c1-12-13-17(23(36)39-26(2,3)4)30-20(33)15-14-18(24(37)40-27(5,6)7)31-22(35)19(16-21(34)29-11)32-25(38)41-28(8,9)10/h17-19H,12-16H2,1-11H3,(H,29,34)(H,30,33)(H,31,35)(H,32,38)/t17-,18-,19-/m0/s1. The average molecular weight is 587 g/mol. The maximum atomic E-state index is 13.2. The van der Waals surface area contributed by atoms with Gasteiger partial charge in [-0.3, -0.25) is 14.4 Å². The summed E-state index contributed by atoms with van der Waals surface area (Å²) in [5.74, 6) is -3.32. The molecule has 0 aromatic heterocycles. The first-order chi connectivity index (χ1) is 18.6. The van der Waals surface area contributed by atoms with Gasteiger partial charge in [-0.25, -0.2) is 14.4 Å². The van der Waals surface area contributed by atoms with Crippen LogP contribution in [-0.2, 0) is 38.2 Å². The van der Waals surface area contributed by atoms with Crippen molar-refractivity contribution in [3.8, 4) is 0 Å². The van der Waals surface area contributed by atoms with Crippen molar-refractivity contribution in [3.63, 3.8) is 0 Å². The molecular formula is C28H50N4O9. The highest BCUT2D eigenvalue weighted by molar-refractivity contribution is 5.93. The lowest BCUT2D eigenvalue weighted by molar-refractivity contribution is -0.160. The number of alkyl carbamates (subject to hydrolysis) is 1. The Bertz CT molecular complexity index is 930. The van der Waals surface area contributed by atoms with Crippen LogP contribution in [0.25, 0.3) is 0 Å². The van der Waals surface area contributed by atoms with Crippen molar-refractivity contribution in [2.75, 3.05) is 7.05 Å². The Balaban J connectivity index is 5.75. The molecule has 0 aromatic rings. The van der Waals surface area contributed by atoms with Crippen molar-refractivity contribution in [2.24, 2.45) is 0 Å². The van der Waals surface area contributed by atoms with Gasteiger partial charge < -0.3 is 35.5 Å². The van der Waals surface area contributed by atoms with Gasteiger partial charge in [0.1, 0.15) is 34.9 Å². The molecule has 0 heterocycles. The summed E-state index contributed by atoms with van der Waals surface area (Å²) in [5, 5.41) is 9.85. The molecular weight excluding hydrogens is 536 g/mol. The highest BCUT2D eigenvalue weighted by atomic mass is 16.6. The van der Waals surface area contributed by atoms with Gasteiger partial charge in [0.05, 0.1) is 6.42 Å². The van der Waals surface area contributed by atoms with Crippen molar-refractivity contribution >= 4 is 35.8 Å². The Hall–Kier alpha value is -3.38. The third-order valence-corrected chi connectivity index (χ3v) is 4.95. The number of rotatable bonds is 13. The van der Waals surface area contributed by atoms with Gasteiger partial charge in [-0.1, -0.05) is 13.3 Å². The van der Waals surface area contributed by atoms with Crippen molar-refractivity contribution in [2.45, 2.75) is 136 Å². The number of carbonyl (C=O) groups excluding carboxylic acids is 6. The smallest absolute Gasteiger partial charge is 0.408 e. The van der Waals surface area contributed by atoms with E-state index in [1.807, 2.05) is 6.92 Å². The fourth-order valence-corrected chi connectivity index (χ4v) is 3.29. The zero-order valence-electron chi connectivity index (χ0n) is 26.4. The molecule has 0 aromatic carbocycles. The second kappa shape index (κ2) is 16.2. The van der Waals surface area contributed by atoms with E-state index in [1.165, 1.54) is 7.05 Å². The Kier molecular flexibility index (Phi) is 14.8. The fourth-order valence-electron chi connectivity index (χ4n) is 3.29. The number of hydrogen-bond donors (Lipinski definition) is 4. The number of amides is 4. The normalized spacial score (nSPS) is 14.0. The summed E-state index contributed by atoms with van der Waals surface area (Å²) in [6.45, 7) is 16.9. The van der Waals surface area contributed by atoms with E-state index >= 15 is 0 Å². The van der Waals surface area contributed by atoms with E-state index in [4.69, 9.17) is 14.2 Å². The van der Waals surface area contributed by atoms with E-state index in [9.17, 15) is 28.8 Å². The van der Waals surface area contributed by atoms with Crippen molar-refractivity contribution < 1.29 is 43.0 Å². The first-order valence-electron chi connectivity index (χ1n) is 13.8. The zero-order chi connectivity index (χ0) is 32.2. The first kappa shape index (κ1) is 37.6. The summed E-state index contributed by atoms with van der Waals surface area (Å²) in [6, 6.07) is -3.56. The Morgan fingerprint density at radius 3 is 1.49 bits per heavy atom. The molecule has 236 valence electrons. The molecule has 0 aliphatic rings. The molecule has 0 aliphatic heterocycles. The molecule has 0 radical (unpaired) electrons. The van der Waals surface area contributed by atoms with E-state index in [-0.39, 0.29) is 12.8 Å². The number of ether oxygens (including phenoxy) is 3. The minimum atomic E-state index is -1.38. The van der Waals surface area contributed by atoms with Crippen LogP contribution in [0.15, 0.2) is 0 Å². The van der Waals surface area contributed by atoms with Crippen LogP contribution in [-0.4, -0.2) is 77.7 Å². The molecule has 4 N–H and O–H groups in total. The number of nitrogens with one attached hydrogen (secondary N) is 4. The second-order valence-corrected chi connectivity index (χ2v) is 12.7. The van der Waals surface area contributed by atoms with Crippen molar-refractivity contribution in [1.29, 1.82) is 0 Å². The van der Waals surface area contributed by atoms with Crippen LogP contribution in [0.4, 0.5) is 4.79 Å². The third kappa shape index (κ3) is 17.8. The Morgan fingerprint density at radius 1 is 0.610 bits per heavy atom. The van der Waals surface area contributed by atoms with Crippen LogP contribution in [0.5, 0.6) is 0 Å². The summed E-state index contributed by atoms with van der Waals surface area (Å²) in [7, 11) is 1.37. The molecule has 13 heteroatoms. The quantitative estimate of drug-likeness (QED) is 0.186. The summed E-state index contributed by atoms with van der Waals surface area (Å²) < 4.78 is 16.0. The molecule has 4 amide bonds. The molecule has 0 saturated heterocycles. The summed E-state index contributed by atoms with van der Waals surface area (Å²) in [6.07, 6.45) is -0.829. The summed E-state index contributed by atoms with van der Waals surface area (Å²) in [5.41, 5.74) is -2.50. The molecule has 0 fully saturated rings. The van der Waals surface area contributed by atoms with Gasteiger partial charge in [0, 0.05) is 13.5 Å². The molecule has 0 saturated carbocycles. The van der Waals surface area contributed by atoms with E-state index in [0.717, 1.165) is 0 Å². The predicted molar refractivity (Wildman–Crippen MR) is 152 cm³/mol. The minimum Gasteiger partial charge on any atom is -0.458 e. The zero-order valence-corrected chi connectivity index (χ0v) is 26.4. The van der Waals surface area contributed by atoms with Crippen LogP contribution in [0.3, 0.4) is 0 Å². The van der Waals surface area contributed by atoms with E-state index in [2.05, 4.69) is 21.3 Å². The fraction of sp³-hybridized carbons (Fsp3) is 0.786. The third-order valence-electron chi connectivity index (χ3n) is 4.95. The largest absolute Gasteiger partial charge is 0.458 e. The maximum absolute atomic E-state index is 13.2. The molecule has 41 heavy (non-hydrogen) atoms. The lowest BCUT2D eigenvalue weighted by Gasteiger charge is -2.27. The molecule has 0 spiro atoms. The predicted octanol–water partition coefficient (Wildman–Crippen LogP) is 2.25. The van der Waals surface area contributed by atoms with Gasteiger partial charge >= 0.3 is 18.0 Å². The molecule has 0 rings (SSSR count). The lowest BCUT2D eigenvalue weighted by atomic mass is 10.1. The highest BCUT2D eigenvalue weighted by Crippen LogP contribution is 2.14. The Morgan fingerprint density at radius 2 is 1.07 bits per heavy atom. The number of carbonyl (C=O) groups is 6. The van der Waals surface area contributed by atoms with E-state index < -0.39 is 77.1 Å². The van der Waals surface area contributed by atoms with Crippen LogP contribution < -0.4 is 21.3 Å². The van der Waals surface area contributed by atoms with E-state index in [1.54, 1.807) is 62.3 Å². The highest BCUT2D eigenvalue weighted by Gasteiger charge is 2.33. The van der Waals surface area contributed by atoms with Gasteiger partial charge in [0.15, 0.2) is 0 Å². The van der Waals surface area contributed by atoms with Crippen LogP contribution in [0, 0.1) is 0 Å². The van der Waals surface area contributed by atoms with Crippen LogP contribution in [0.1, 0.15) is 101 Å². The number of esters is 2. The molecule has 0 unspecified atom stereocenters. The molecule has 0 aliphatic carbocycles. The van der Waals surface area contributed by atoms with Gasteiger partial charge in [0.2, 0.25) is 17.7 Å². The maximum Gasteiger partial charge on any atom is 0.408 e. The number of hydrogen-bond acceptors (Lipinski definition) is 9. The van der Waals surface area contributed by atoms with Gasteiger partial charge in [-0.2, -0.15) is 0 Å². The Labute approximate surface area is 243 Å². The van der Waals surface area contributed by atoms with E-state index in [0.29, 0.717) is 12.8 Å². The van der Waals surface area contributed by atoms with Gasteiger partial charge in [-0.15, -0.1) is 0 Å². The monoisotopic (exact) mass is 586 g/mol. The van der Waals surface area contributed by atoms with Crippen LogP contribution in [0.2, 0.25) is 0 Å². The average Bonchev–Trinajstić information content (AvgIpc) is 2.77. The SMILES string of the molecule is CCC[C@H](NC(=O)CC[C@H](NC(=O)[C@H](CC(=O)NC)NC(=O)OC(C)(C)C)C(=O)OC(C)(C)C)C(=O)OC(C)(C)C. The molecule has 13 nitrogen and oxygen atoms in total. The van der Waals surface area contributed by atoms with Crippen LogP contribution >= 0.6 is 0 Å². The summed E-state index contributed by atoms with van der Waals surface area (Å²) in [4.78, 5) is 75.9. The van der Waals surface area contributed by atoms with Crippen molar-refractivity contribution in [3.05, 3.63) is 0 Å². The second-order valence-electron chi connectivity index (χ2n) is 12.7. The van der Waals surface area contributed by atoms with Gasteiger partial charge in [-0.05, 0) is 75.2 Å². The molecule has 3 atom stereocenters. The topological polar surface area (TPSA) is 178 Å². The lowest BCUT2D eigenvalue weighted by Crippen LogP contribution is -2.54. The minimum absolute atomic E-state index is 0.182. The molecule has 0 bridgehead atoms. The van der Waals surface area contributed by atoms with Gasteiger partial charge in [0.25, 0.3) is 0 Å². The van der Waals surface area contributed by atoms with Crippen molar-refractivity contribution in [1.82, 2.24) is 21.3 Å². The first-order valence-corrected chi connectivity index (χ1v) is 13.8.